The summed E-state index contributed by atoms with van der Waals surface area (Å²) in [6.07, 6.45) is 2.21. The van der Waals surface area contributed by atoms with Crippen LogP contribution in [0.1, 0.15) is 18.5 Å². The Kier molecular flexibility index (Phi) is 2.39. The first-order chi connectivity index (χ1) is 6.75. The minimum absolute atomic E-state index is 0.0472. The van der Waals surface area contributed by atoms with Gasteiger partial charge in [0.05, 0.1) is 0 Å². The maximum absolute atomic E-state index is 11.6. The van der Waals surface area contributed by atoms with E-state index < -0.39 is 0 Å². The van der Waals surface area contributed by atoms with Gasteiger partial charge < -0.3 is 4.90 Å². The molecule has 2 N–H and O–H groups in total. The van der Waals surface area contributed by atoms with E-state index in [4.69, 9.17) is 0 Å². The lowest BCUT2D eigenvalue weighted by atomic mass is 10.4. The van der Waals surface area contributed by atoms with Crippen LogP contribution in [0.4, 0.5) is 10.6 Å². The lowest BCUT2D eigenvalue weighted by molar-refractivity contribution is 0.222. The molecule has 1 aromatic rings. The Morgan fingerprint density at radius 2 is 2.29 bits per heavy atom. The number of hydrogen-bond acceptors (Lipinski definition) is 2. The summed E-state index contributed by atoms with van der Waals surface area (Å²) in [7, 11) is 0. The summed E-state index contributed by atoms with van der Waals surface area (Å²) in [4.78, 5) is 13.4. The molecule has 0 unspecified atom stereocenters. The average Bonchev–Trinajstić information content (AvgIpc) is 2.75. The van der Waals surface area contributed by atoms with Crippen molar-refractivity contribution in [3.05, 3.63) is 11.8 Å². The van der Waals surface area contributed by atoms with E-state index in [9.17, 15) is 4.79 Å². The van der Waals surface area contributed by atoms with Gasteiger partial charge >= 0.3 is 6.03 Å². The van der Waals surface area contributed by atoms with Gasteiger partial charge in [0.15, 0.2) is 5.82 Å². The van der Waals surface area contributed by atoms with Crippen molar-refractivity contribution in [3.63, 3.8) is 0 Å². The molecule has 0 bridgehead atoms. The second-order valence-electron chi connectivity index (χ2n) is 3.56. The van der Waals surface area contributed by atoms with Crippen LogP contribution in [-0.2, 0) is 0 Å². The van der Waals surface area contributed by atoms with Crippen molar-refractivity contribution >= 4 is 11.8 Å². The SMILES string of the molecule is Cc1cc(NC(=O)N2CCCC2)n[nH]1. The van der Waals surface area contributed by atoms with Crippen LogP contribution < -0.4 is 5.32 Å². The standard InChI is InChI=1S/C9H14N4O/c1-7-6-8(12-11-7)10-9(14)13-4-2-3-5-13/h6H,2-5H2,1H3,(H2,10,11,12,14). The Morgan fingerprint density at radius 1 is 1.57 bits per heavy atom. The molecule has 1 aromatic heterocycles. The van der Waals surface area contributed by atoms with Gasteiger partial charge in [0, 0.05) is 24.8 Å². The van der Waals surface area contributed by atoms with Gasteiger partial charge in [0.2, 0.25) is 0 Å². The zero-order chi connectivity index (χ0) is 9.97. The second-order valence-corrected chi connectivity index (χ2v) is 3.56. The van der Waals surface area contributed by atoms with E-state index in [0.29, 0.717) is 5.82 Å². The van der Waals surface area contributed by atoms with E-state index in [1.165, 1.54) is 0 Å². The molecule has 2 amide bonds. The zero-order valence-electron chi connectivity index (χ0n) is 8.21. The molecule has 0 spiro atoms. The van der Waals surface area contributed by atoms with Crippen LogP contribution in [-0.4, -0.2) is 34.2 Å². The van der Waals surface area contributed by atoms with Crippen LogP contribution in [0.3, 0.4) is 0 Å². The summed E-state index contributed by atoms with van der Waals surface area (Å²) in [5, 5.41) is 9.47. The molecule has 2 rings (SSSR count). The molecule has 5 heteroatoms. The summed E-state index contributed by atoms with van der Waals surface area (Å²) in [5.41, 5.74) is 0.946. The van der Waals surface area contributed by atoms with Crippen molar-refractivity contribution in [2.45, 2.75) is 19.8 Å². The molecule has 0 atom stereocenters. The number of hydrogen-bond donors (Lipinski definition) is 2. The van der Waals surface area contributed by atoms with Crippen LogP contribution in [0.25, 0.3) is 0 Å². The molecule has 1 fully saturated rings. The maximum Gasteiger partial charge on any atom is 0.323 e. The number of urea groups is 1. The number of likely N-dealkylation sites (tertiary alicyclic amines) is 1. The lowest BCUT2D eigenvalue weighted by Crippen LogP contribution is -2.32. The second kappa shape index (κ2) is 3.69. The molecule has 0 aliphatic carbocycles. The van der Waals surface area contributed by atoms with Gasteiger partial charge in [-0.15, -0.1) is 0 Å². The number of carbonyl (C=O) groups excluding carboxylic acids is 1. The van der Waals surface area contributed by atoms with Crippen molar-refractivity contribution in [1.29, 1.82) is 0 Å². The fraction of sp³-hybridized carbons (Fsp3) is 0.556. The highest BCUT2D eigenvalue weighted by Gasteiger charge is 2.18. The van der Waals surface area contributed by atoms with Crippen molar-refractivity contribution < 1.29 is 4.79 Å². The number of nitrogens with zero attached hydrogens (tertiary/aromatic N) is 2. The summed E-state index contributed by atoms with van der Waals surface area (Å²) in [5.74, 6) is 0.597. The first kappa shape index (κ1) is 9.05. The van der Waals surface area contributed by atoms with Gasteiger partial charge in [-0.05, 0) is 19.8 Å². The van der Waals surface area contributed by atoms with Gasteiger partial charge in [-0.1, -0.05) is 0 Å². The molecule has 1 aliphatic heterocycles. The molecule has 2 heterocycles. The largest absolute Gasteiger partial charge is 0.324 e. The molecule has 5 nitrogen and oxygen atoms in total. The van der Waals surface area contributed by atoms with E-state index in [0.717, 1.165) is 31.6 Å². The normalized spacial score (nSPS) is 15.9. The molecule has 1 aliphatic rings. The lowest BCUT2D eigenvalue weighted by Gasteiger charge is -2.14. The Morgan fingerprint density at radius 3 is 2.86 bits per heavy atom. The molecule has 1 saturated heterocycles. The van der Waals surface area contributed by atoms with Gasteiger partial charge in [0.1, 0.15) is 0 Å². The quantitative estimate of drug-likeness (QED) is 0.708. The number of aryl methyl sites for hydroxylation is 1. The smallest absolute Gasteiger partial charge is 0.323 e. The predicted molar refractivity (Wildman–Crippen MR) is 53.2 cm³/mol. The first-order valence-corrected chi connectivity index (χ1v) is 4.83. The molecular weight excluding hydrogens is 180 g/mol. The zero-order valence-corrected chi connectivity index (χ0v) is 8.21. The third-order valence-electron chi connectivity index (χ3n) is 2.33. The van der Waals surface area contributed by atoms with Gasteiger partial charge in [-0.2, -0.15) is 5.10 Å². The Balaban J connectivity index is 1.93. The highest BCUT2D eigenvalue weighted by atomic mass is 16.2. The molecule has 0 aromatic carbocycles. The Labute approximate surface area is 82.5 Å². The molecular formula is C9H14N4O. The van der Waals surface area contributed by atoms with Crippen LogP contribution >= 0.6 is 0 Å². The highest BCUT2D eigenvalue weighted by Crippen LogP contribution is 2.10. The molecule has 0 saturated carbocycles. The number of aromatic nitrogens is 2. The minimum atomic E-state index is -0.0472. The van der Waals surface area contributed by atoms with Gasteiger partial charge in [0.25, 0.3) is 0 Å². The summed E-state index contributed by atoms with van der Waals surface area (Å²) in [6, 6.07) is 1.77. The number of nitrogens with one attached hydrogen (secondary N) is 2. The van der Waals surface area contributed by atoms with Crippen LogP contribution in [0.5, 0.6) is 0 Å². The van der Waals surface area contributed by atoms with E-state index >= 15 is 0 Å². The fourth-order valence-electron chi connectivity index (χ4n) is 1.59. The number of carbonyl (C=O) groups is 1. The Bertz CT molecular complexity index is 327. The summed E-state index contributed by atoms with van der Waals surface area (Å²) in [6.45, 7) is 3.61. The number of amides is 2. The number of rotatable bonds is 1. The van der Waals surface area contributed by atoms with E-state index in [-0.39, 0.29) is 6.03 Å². The highest BCUT2D eigenvalue weighted by molar-refractivity contribution is 5.88. The molecule has 14 heavy (non-hydrogen) atoms. The van der Waals surface area contributed by atoms with Gasteiger partial charge in [-0.25, -0.2) is 4.79 Å². The maximum atomic E-state index is 11.6. The predicted octanol–water partition coefficient (Wildman–Crippen LogP) is 1.35. The van der Waals surface area contributed by atoms with Crippen molar-refractivity contribution in [2.24, 2.45) is 0 Å². The van der Waals surface area contributed by atoms with Crippen molar-refractivity contribution in [3.8, 4) is 0 Å². The number of H-pyrrole nitrogens is 1. The van der Waals surface area contributed by atoms with E-state index in [2.05, 4.69) is 15.5 Å². The summed E-state index contributed by atoms with van der Waals surface area (Å²) < 4.78 is 0. The van der Waals surface area contributed by atoms with E-state index in [1.807, 2.05) is 17.9 Å². The average molecular weight is 194 g/mol. The van der Waals surface area contributed by atoms with Gasteiger partial charge in [-0.3, -0.25) is 10.4 Å². The monoisotopic (exact) mass is 194 g/mol. The van der Waals surface area contributed by atoms with Crippen LogP contribution in [0.2, 0.25) is 0 Å². The minimum Gasteiger partial charge on any atom is -0.324 e. The van der Waals surface area contributed by atoms with Crippen molar-refractivity contribution in [1.82, 2.24) is 15.1 Å². The number of aromatic amines is 1. The molecule has 76 valence electrons. The van der Waals surface area contributed by atoms with Crippen LogP contribution in [0, 0.1) is 6.92 Å². The van der Waals surface area contributed by atoms with Crippen molar-refractivity contribution in [2.75, 3.05) is 18.4 Å². The Hall–Kier alpha value is -1.52. The molecule has 0 radical (unpaired) electrons. The third-order valence-corrected chi connectivity index (χ3v) is 2.33. The topological polar surface area (TPSA) is 61.0 Å². The summed E-state index contributed by atoms with van der Waals surface area (Å²) >= 11 is 0. The fourth-order valence-corrected chi connectivity index (χ4v) is 1.59. The van der Waals surface area contributed by atoms with E-state index in [1.54, 1.807) is 0 Å². The van der Waals surface area contributed by atoms with Crippen LogP contribution in [0.15, 0.2) is 6.07 Å². The number of anilines is 1. The first-order valence-electron chi connectivity index (χ1n) is 4.83. The third kappa shape index (κ3) is 1.86.